The normalized spacial score (nSPS) is 14.6. The maximum atomic E-state index is 14.3. The lowest BCUT2D eigenvalue weighted by molar-refractivity contribution is 0.285. The van der Waals surface area contributed by atoms with E-state index in [0.717, 1.165) is 16.9 Å². The Hall–Kier alpha value is -2.03. The zero-order valence-corrected chi connectivity index (χ0v) is 19.4. The van der Waals surface area contributed by atoms with Gasteiger partial charge in [-0.05, 0) is 61.1 Å². The van der Waals surface area contributed by atoms with Gasteiger partial charge in [0.05, 0.1) is 19.8 Å². The molecule has 7 heteroatoms. The SMILES string of the molecule is CN=C(NCc1ccc(OC)cc1)NC(C)c1ccc(OCC2CC2)c(F)c1.I. The maximum Gasteiger partial charge on any atom is 0.191 e. The van der Waals surface area contributed by atoms with Crippen molar-refractivity contribution in [3.8, 4) is 11.5 Å². The molecule has 0 saturated heterocycles. The molecule has 0 amide bonds. The molecule has 3 rings (SSSR count). The maximum absolute atomic E-state index is 14.3. The fourth-order valence-corrected chi connectivity index (χ4v) is 2.81. The predicted molar refractivity (Wildman–Crippen MR) is 125 cm³/mol. The summed E-state index contributed by atoms with van der Waals surface area (Å²) < 4.78 is 25.1. The highest BCUT2D eigenvalue weighted by molar-refractivity contribution is 14.0. The van der Waals surface area contributed by atoms with E-state index < -0.39 is 0 Å². The van der Waals surface area contributed by atoms with Crippen molar-refractivity contribution < 1.29 is 13.9 Å². The molecule has 2 aromatic carbocycles. The summed E-state index contributed by atoms with van der Waals surface area (Å²) in [5.74, 6) is 2.07. The first kappa shape index (κ1) is 23.3. The van der Waals surface area contributed by atoms with Crippen molar-refractivity contribution in [2.24, 2.45) is 10.9 Å². The van der Waals surface area contributed by atoms with E-state index in [1.54, 1.807) is 20.2 Å². The molecule has 0 bridgehead atoms. The van der Waals surface area contributed by atoms with Crippen molar-refractivity contribution in [1.29, 1.82) is 0 Å². The summed E-state index contributed by atoms with van der Waals surface area (Å²) in [4.78, 5) is 4.25. The molecule has 1 unspecified atom stereocenters. The topological polar surface area (TPSA) is 54.9 Å². The van der Waals surface area contributed by atoms with Gasteiger partial charge >= 0.3 is 0 Å². The molecule has 1 atom stereocenters. The molecule has 2 aromatic rings. The van der Waals surface area contributed by atoms with Gasteiger partial charge in [-0.3, -0.25) is 4.99 Å². The summed E-state index contributed by atoms with van der Waals surface area (Å²) in [6, 6.07) is 12.9. The third kappa shape index (κ3) is 7.06. The predicted octanol–water partition coefficient (Wildman–Crippen LogP) is 4.67. The van der Waals surface area contributed by atoms with Crippen LogP contribution in [0.5, 0.6) is 11.5 Å². The van der Waals surface area contributed by atoms with E-state index >= 15 is 0 Å². The van der Waals surface area contributed by atoms with Gasteiger partial charge in [-0.25, -0.2) is 4.39 Å². The number of benzene rings is 2. The third-order valence-electron chi connectivity index (χ3n) is 4.82. The van der Waals surface area contributed by atoms with E-state index in [1.165, 1.54) is 18.9 Å². The smallest absolute Gasteiger partial charge is 0.191 e. The Morgan fingerprint density at radius 3 is 2.52 bits per heavy atom. The molecule has 1 saturated carbocycles. The lowest BCUT2D eigenvalue weighted by Crippen LogP contribution is -2.38. The molecule has 5 nitrogen and oxygen atoms in total. The van der Waals surface area contributed by atoms with Gasteiger partial charge in [0.1, 0.15) is 5.75 Å². The molecular formula is C22H29FIN3O2. The first-order valence-electron chi connectivity index (χ1n) is 9.61. The van der Waals surface area contributed by atoms with Crippen LogP contribution in [-0.2, 0) is 6.54 Å². The number of nitrogens with zero attached hydrogens (tertiary/aromatic N) is 1. The molecule has 1 fully saturated rings. The van der Waals surface area contributed by atoms with E-state index in [-0.39, 0.29) is 35.8 Å². The van der Waals surface area contributed by atoms with Crippen LogP contribution in [0.2, 0.25) is 0 Å². The standard InChI is InChI=1S/C22H28FN3O2.HI/c1-15(18-8-11-21(20(23)12-18)28-14-17-4-5-17)26-22(24-2)25-13-16-6-9-19(27-3)10-7-16;/h6-12,15,17H,4-5,13-14H2,1-3H3,(H2,24,25,26);1H. The summed E-state index contributed by atoms with van der Waals surface area (Å²) in [6.07, 6.45) is 2.37. The summed E-state index contributed by atoms with van der Waals surface area (Å²) in [6.45, 7) is 3.20. The largest absolute Gasteiger partial charge is 0.497 e. The van der Waals surface area contributed by atoms with Crippen LogP contribution in [0.3, 0.4) is 0 Å². The van der Waals surface area contributed by atoms with Crippen LogP contribution in [0.25, 0.3) is 0 Å². The number of methoxy groups -OCH3 is 1. The van der Waals surface area contributed by atoms with Crippen LogP contribution in [-0.4, -0.2) is 26.7 Å². The van der Waals surface area contributed by atoms with E-state index in [1.807, 2.05) is 37.3 Å². The monoisotopic (exact) mass is 513 g/mol. The second-order valence-corrected chi connectivity index (χ2v) is 7.08. The minimum atomic E-state index is -0.326. The first-order chi connectivity index (χ1) is 13.6. The number of hydrogen-bond acceptors (Lipinski definition) is 3. The van der Waals surface area contributed by atoms with E-state index in [0.29, 0.717) is 30.8 Å². The van der Waals surface area contributed by atoms with Crippen molar-refractivity contribution in [1.82, 2.24) is 10.6 Å². The van der Waals surface area contributed by atoms with Crippen molar-refractivity contribution >= 4 is 29.9 Å². The van der Waals surface area contributed by atoms with Gasteiger partial charge in [0.15, 0.2) is 17.5 Å². The van der Waals surface area contributed by atoms with E-state index in [9.17, 15) is 4.39 Å². The molecule has 0 aliphatic heterocycles. The van der Waals surface area contributed by atoms with Gasteiger partial charge in [-0.15, -0.1) is 24.0 Å². The second kappa shape index (κ2) is 11.2. The van der Waals surface area contributed by atoms with Crippen molar-refractivity contribution in [2.45, 2.75) is 32.4 Å². The minimum Gasteiger partial charge on any atom is -0.497 e. The molecule has 2 N–H and O–H groups in total. The Labute approximate surface area is 189 Å². The zero-order chi connectivity index (χ0) is 19.9. The summed E-state index contributed by atoms with van der Waals surface area (Å²) in [7, 11) is 3.36. The summed E-state index contributed by atoms with van der Waals surface area (Å²) in [5, 5.41) is 6.56. The van der Waals surface area contributed by atoms with Crippen LogP contribution in [0, 0.1) is 11.7 Å². The van der Waals surface area contributed by atoms with E-state index in [4.69, 9.17) is 9.47 Å². The molecular weight excluding hydrogens is 484 g/mol. The zero-order valence-electron chi connectivity index (χ0n) is 17.1. The number of nitrogens with one attached hydrogen (secondary N) is 2. The van der Waals surface area contributed by atoms with Crippen LogP contribution < -0.4 is 20.1 Å². The Balaban J connectivity index is 0.00000300. The first-order valence-corrected chi connectivity index (χ1v) is 9.61. The fourth-order valence-electron chi connectivity index (χ4n) is 2.81. The van der Waals surface area contributed by atoms with Gasteiger partial charge in [0.2, 0.25) is 0 Å². The average molecular weight is 513 g/mol. The highest BCUT2D eigenvalue weighted by Gasteiger charge is 2.22. The van der Waals surface area contributed by atoms with Crippen molar-refractivity contribution in [3.05, 3.63) is 59.4 Å². The number of hydrogen-bond donors (Lipinski definition) is 2. The quantitative estimate of drug-likeness (QED) is 0.306. The lowest BCUT2D eigenvalue weighted by atomic mass is 10.1. The van der Waals surface area contributed by atoms with Crippen molar-refractivity contribution in [2.75, 3.05) is 20.8 Å². The van der Waals surface area contributed by atoms with Gasteiger partial charge in [0, 0.05) is 13.6 Å². The molecule has 1 aliphatic rings. The number of guanidine groups is 1. The van der Waals surface area contributed by atoms with Gasteiger partial charge in [-0.2, -0.15) is 0 Å². The number of aliphatic imine (C=N–C) groups is 1. The Morgan fingerprint density at radius 2 is 1.93 bits per heavy atom. The Kier molecular flexibility index (Phi) is 9.00. The van der Waals surface area contributed by atoms with Gasteiger partial charge in [-0.1, -0.05) is 18.2 Å². The number of rotatable bonds is 8. The summed E-state index contributed by atoms with van der Waals surface area (Å²) in [5.41, 5.74) is 1.95. The highest BCUT2D eigenvalue weighted by atomic mass is 127. The summed E-state index contributed by atoms with van der Waals surface area (Å²) >= 11 is 0. The number of halogens is 2. The second-order valence-electron chi connectivity index (χ2n) is 7.08. The molecule has 0 radical (unpaired) electrons. The Morgan fingerprint density at radius 1 is 1.21 bits per heavy atom. The van der Waals surface area contributed by atoms with Gasteiger partial charge < -0.3 is 20.1 Å². The van der Waals surface area contributed by atoms with Crippen LogP contribution in [0.15, 0.2) is 47.5 Å². The van der Waals surface area contributed by atoms with E-state index in [2.05, 4.69) is 15.6 Å². The highest BCUT2D eigenvalue weighted by Crippen LogP contribution is 2.30. The van der Waals surface area contributed by atoms with Crippen LogP contribution in [0.1, 0.15) is 36.9 Å². The van der Waals surface area contributed by atoms with Crippen molar-refractivity contribution in [3.63, 3.8) is 0 Å². The van der Waals surface area contributed by atoms with Crippen LogP contribution in [0.4, 0.5) is 4.39 Å². The molecule has 0 aromatic heterocycles. The number of ether oxygens (including phenoxy) is 2. The minimum absolute atomic E-state index is 0. The van der Waals surface area contributed by atoms with Gasteiger partial charge in [0.25, 0.3) is 0 Å². The molecule has 29 heavy (non-hydrogen) atoms. The third-order valence-corrected chi connectivity index (χ3v) is 4.82. The molecule has 158 valence electrons. The molecule has 1 aliphatic carbocycles. The van der Waals surface area contributed by atoms with Crippen LogP contribution >= 0.6 is 24.0 Å². The molecule has 0 heterocycles. The Bertz CT molecular complexity index is 810. The lowest BCUT2D eigenvalue weighted by Gasteiger charge is -2.19. The molecule has 0 spiro atoms. The fraction of sp³-hybridized carbons (Fsp3) is 0.409. The average Bonchev–Trinajstić information content (AvgIpc) is 3.54.